The van der Waals surface area contributed by atoms with Crippen molar-refractivity contribution in [1.82, 2.24) is 4.98 Å². The monoisotopic (exact) mass is 238 g/mol. The number of nitrogens with one attached hydrogen (secondary N) is 1. The smallest absolute Gasteiger partial charge is 0.125 e. The molecule has 1 N–H and O–H groups in total. The molecule has 0 saturated heterocycles. The SMILES string of the molecule is Cc1ccc(NCC2CC=CCC2)nc1.Cl. The zero-order valence-electron chi connectivity index (χ0n) is 9.65. The number of aromatic nitrogens is 1. The van der Waals surface area contributed by atoms with Crippen LogP contribution >= 0.6 is 12.4 Å². The molecular formula is C13H19ClN2. The van der Waals surface area contributed by atoms with Crippen molar-refractivity contribution in [2.24, 2.45) is 5.92 Å². The van der Waals surface area contributed by atoms with Crippen molar-refractivity contribution in [2.45, 2.75) is 26.2 Å². The van der Waals surface area contributed by atoms with Crippen LogP contribution in [0.25, 0.3) is 0 Å². The lowest BCUT2D eigenvalue weighted by atomic mass is 9.94. The van der Waals surface area contributed by atoms with Gasteiger partial charge < -0.3 is 5.32 Å². The summed E-state index contributed by atoms with van der Waals surface area (Å²) in [5.41, 5.74) is 1.21. The maximum atomic E-state index is 4.33. The lowest BCUT2D eigenvalue weighted by Gasteiger charge is -2.18. The van der Waals surface area contributed by atoms with E-state index in [9.17, 15) is 0 Å². The van der Waals surface area contributed by atoms with Crippen molar-refractivity contribution in [1.29, 1.82) is 0 Å². The zero-order chi connectivity index (χ0) is 10.5. The van der Waals surface area contributed by atoms with E-state index in [0.29, 0.717) is 0 Å². The van der Waals surface area contributed by atoms with E-state index in [4.69, 9.17) is 0 Å². The molecule has 0 fully saturated rings. The number of halogens is 1. The van der Waals surface area contributed by atoms with Gasteiger partial charge in [-0.15, -0.1) is 12.4 Å². The highest BCUT2D eigenvalue weighted by atomic mass is 35.5. The van der Waals surface area contributed by atoms with Crippen LogP contribution in [0.2, 0.25) is 0 Å². The first-order valence-electron chi connectivity index (χ1n) is 5.66. The summed E-state index contributed by atoms with van der Waals surface area (Å²) >= 11 is 0. The van der Waals surface area contributed by atoms with Gasteiger partial charge in [0.1, 0.15) is 5.82 Å². The van der Waals surface area contributed by atoms with Gasteiger partial charge in [-0.2, -0.15) is 0 Å². The van der Waals surface area contributed by atoms with Gasteiger partial charge in [-0.1, -0.05) is 18.2 Å². The highest BCUT2D eigenvalue weighted by Crippen LogP contribution is 2.18. The van der Waals surface area contributed by atoms with Crippen molar-refractivity contribution in [3.63, 3.8) is 0 Å². The third-order valence-corrected chi connectivity index (χ3v) is 2.86. The summed E-state index contributed by atoms with van der Waals surface area (Å²) in [5.74, 6) is 1.77. The second-order valence-electron chi connectivity index (χ2n) is 4.25. The summed E-state index contributed by atoms with van der Waals surface area (Å²) < 4.78 is 0. The molecular weight excluding hydrogens is 220 g/mol. The Morgan fingerprint density at radius 3 is 2.88 bits per heavy atom. The molecule has 0 amide bonds. The van der Waals surface area contributed by atoms with Gasteiger partial charge in [-0.3, -0.25) is 0 Å². The van der Waals surface area contributed by atoms with Crippen molar-refractivity contribution in [3.8, 4) is 0 Å². The van der Waals surface area contributed by atoms with E-state index in [2.05, 4.69) is 35.4 Å². The normalized spacial score (nSPS) is 18.9. The summed E-state index contributed by atoms with van der Waals surface area (Å²) in [6.45, 7) is 3.10. The van der Waals surface area contributed by atoms with Crippen LogP contribution in [0.4, 0.5) is 5.82 Å². The van der Waals surface area contributed by atoms with Gasteiger partial charge >= 0.3 is 0 Å². The molecule has 2 nitrogen and oxygen atoms in total. The topological polar surface area (TPSA) is 24.9 Å². The van der Waals surface area contributed by atoms with Gasteiger partial charge in [0, 0.05) is 12.7 Å². The Morgan fingerprint density at radius 2 is 2.25 bits per heavy atom. The van der Waals surface area contributed by atoms with Crippen LogP contribution in [0.5, 0.6) is 0 Å². The molecule has 2 rings (SSSR count). The summed E-state index contributed by atoms with van der Waals surface area (Å²) in [7, 11) is 0. The maximum Gasteiger partial charge on any atom is 0.125 e. The predicted molar refractivity (Wildman–Crippen MR) is 71.2 cm³/mol. The second-order valence-corrected chi connectivity index (χ2v) is 4.25. The van der Waals surface area contributed by atoms with Crippen LogP contribution in [-0.4, -0.2) is 11.5 Å². The minimum atomic E-state index is 0. The number of anilines is 1. The number of aryl methyl sites for hydroxylation is 1. The molecule has 0 radical (unpaired) electrons. The third-order valence-electron chi connectivity index (χ3n) is 2.86. The van der Waals surface area contributed by atoms with E-state index >= 15 is 0 Å². The Morgan fingerprint density at radius 1 is 1.38 bits per heavy atom. The van der Waals surface area contributed by atoms with Gasteiger partial charge in [0.05, 0.1) is 0 Å². The third kappa shape index (κ3) is 3.86. The molecule has 1 atom stereocenters. The fourth-order valence-corrected chi connectivity index (χ4v) is 1.86. The Bertz CT molecular complexity index is 332. The Kier molecular flexibility index (Phi) is 5.33. The van der Waals surface area contributed by atoms with Gasteiger partial charge in [0.15, 0.2) is 0 Å². The lowest BCUT2D eigenvalue weighted by Crippen LogP contribution is -2.15. The first kappa shape index (κ1) is 13.0. The van der Waals surface area contributed by atoms with E-state index in [-0.39, 0.29) is 12.4 Å². The maximum absolute atomic E-state index is 4.33. The molecule has 0 spiro atoms. The molecule has 1 aromatic heterocycles. The number of allylic oxidation sites excluding steroid dienone is 2. The number of rotatable bonds is 3. The molecule has 0 saturated carbocycles. The van der Waals surface area contributed by atoms with E-state index in [1.54, 1.807) is 0 Å². The molecule has 1 aliphatic carbocycles. The summed E-state index contributed by atoms with van der Waals surface area (Å²) in [6.07, 6.45) is 10.2. The van der Waals surface area contributed by atoms with Crippen LogP contribution in [0.3, 0.4) is 0 Å². The molecule has 0 aromatic carbocycles. The summed E-state index contributed by atoms with van der Waals surface area (Å²) in [5, 5.41) is 3.40. The first-order valence-corrected chi connectivity index (χ1v) is 5.66. The standard InChI is InChI=1S/C13H18N2.ClH/c1-11-7-8-13(14-9-11)15-10-12-5-3-2-4-6-12;/h2-3,7-9,12H,4-6,10H2,1H3,(H,14,15);1H. The highest BCUT2D eigenvalue weighted by molar-refractivity contribution is 5.85. The van der Waals surface area contributed by atoms with Crippen molar-refractivity contribution in [3.05, 3.63) is 36.0 Å². The number of pyridine rings is 1. The van der Waals surface area contributed by atoms with Gasteiger partial charge in [0.2, 0.25) is 0 Å². The minimum absolute atomic E-state index is 0. The number of hydrogen-bond donors (Lipinski definition) is 1. The molecule has 1 heterocycles. The van der Waals surface area contributed by atoms with E-state index in [1.165, 1.54) is 24.8 Å². The van der Waals surface area contributed by atoms with E-state index in [0.717, 1.165) is 18.3 Å². The average molecular weight is 239 g/mol. The molecule has 16 heavy (non-hydrogen) atoms. The zero-order valence-corrected chi connectivity index (χ0v) is 10.5. The molecule has 0 aliphatic heterocycles. The van der Waals surface area contributed by atoms with E-state index in [1.807, 2.05) is 12.3 Å². The predicted octanol–water partition coefficient (Wildman–Crippen LogP) is 3.58. The Labute approximate surface area is 104 Å². The van der Waals surface area contributed by atoms with Crippen LogP contribution in [0.1, 0.15) is 24.8 Å². The fraction of sp³-hybridized carbons (Fsp3) is 0.462. The van der Waals surface area contributed by atoms with Gasteiger partial charge in [-0.25, -0.2) is 4.98 Å². The summed E-state index contributed by atoms with van der Waals surface area (Å²) in [4.78, 5) is 4.33. The molecule has 1 aliphatic rings. The highest BCUT2D eigenvalue weighted by Gasteiger charge is 2.09. The summed E-state index contributed by atoms with van der Waals surface area (Å²) in [6, 6.07) is 4.14. The first-order chi connectivity index (χ1) is 7.34. The molecule has 1 unspecified atom stereocenters. The number of hydrogen-bond acceptors (Lipinski definition) is 2. The van der Waals surface area contributed by atoms with E-state index < -0.39 is 0 Å². The van der Waals surface area contributed by atoms with Crippen molar-refractivity contribution in [2.75, 3.05) is 11.9 Å². The molecule has 1 aromatic rings. The fourth-order valence-electron chi connectivity index (χ4n) is 1.86. The Balaban J connectivity index is 0.00000128. The largest absolute Gasteiger partial charge is 0.370 e. The second kappa shape index (κ2) is 6.54. The minimum Gasteiger partial charge on any atom is -0.370 e. The van der Waals surface area contributed by atoms with Gasteiger partial charge in [-0.05, 0) is 43.7 Å². The van der Waals surface area contributed by atoms with Crippen LogP contribution in [0.15, 0.2) is 30.5 Å². The van der Waals surface area contributed by atoms with Gasteiger partial charge in [0.25, 0.3) is 0 Å². The molecule has 3 heteroatoms. The molecule has 0 bridgehead atoms. The van der Waals surface area contributed by atoms with Crippen LogP contribution < -0.4 is 5.32 Å². The Hall–Kier alpha value is -1.02. The lowest BCUT2D eigenvalue weighted by molar-refractivity contribution is 0.503. The van der Waals surface area contributed by atoms with Crippen LogP contribution in [-0.2, 0) is 0 Å². The number of nitrogens with zero attached hydrogens (tertiary/aromatic N) is 1. The quantitative estimate of drug-likeness (QED) is 0.815. The van der Waals surface area contributed by atoms with Crippen molar-refractivity contribution >= 4 is 18.2 Å². The van der Waals surface area contributed by atoms with Crippen molar-refractivity contribution < 1.29 is 0 Å². The van der Waals surface area contributed by atoms with Crippen LogP contribution in [0, 0.1) is 12.8 Å². The average Bonchev–Trinajstić information content (AvgIpc) is 2.30. The molecule has 88 valence electrons.